The van der Waals surface area contributed by atoms with Crippen LogP contribution in [0.5, 0.6) is 11.5 Å². The third-order valence-electron chi connectivity index (χ3n) is 6.35. The molecule has 1 aliphatic rings. The van der Waals surface area contributed by atoms with Crippen molar-refractivity contribution in [3.05, 3.63) is 87.9 Å². The first kappa shape index (κ1) is 24.8. The van der Waals surface area contributed by atoms with Crippen LogP contribution in [0.15, 0.2) is 66.2 Å². The Bertz CT molecular complexity index is 1560. The first-order valence-electron chi connectivity index (χ1n) is 11.5. The van der Waals surface area contributed by atoms with Gasteiger partial charge in [-0.1, -0.05) is 35.9 Å². The van der Waals surface area contributed by atoms with Crippen molar-refractivity contribution in [1.82, 2.24) is 4.98 Å². The molecule has 1 fully saturated rings. The summed E-state index contributed by atoms with van der Waals surface area (Å²) < 4.78 is 11.9. The van der Waals surface area contributed by atoms with E-state index in [2.05, 4.69) is 11.9 Å². The molecular formula is C28H23ClN2O5S. The minimum atomic E-state index is -1.01. The lowest BCUT2D eigenvalue weighted by Crippen LogP contribution is -2.29. The molecule has 3 aromatic carbocycles. The number of ketones is 1. The number of carbonyl (C=O) groups excluding carboxylic acids is 2. The predicted molar refractivity (Wildman–Crippen MR) is 145 cm³/mol. The molecule has 7 nitrogen and oxygen atoms in total. The third-order valence-corrected chi connectivity index (χ3v) is 7.62. The van der Waals surface area contributed by atoms with E-state index in [0.717, 1.165) is 16.7 Å². The SMILES string of the molecule is CCc1ccc2nc(N3C(=O)C(=O)C(=C(O)c4ccc(Cl)cc4)[C@@H]3c3cc(OC)ccc3OC)sc2c1. The molecule has 1 amide bonds. The quantitative estimate of drug-likeness (QED) is 0.181. The highest BCUT2D eigenvalue weighted by Gasteiger charge is 2.49. The topological polar surface area (TPSA) is 89.0 Å². The van der Waals surface area contributed by atoms with Crippen molar-refractivity contribution < 1.29 is 24.2 Å². The molecule has 0 saturated carbocycles. The number of anilines is 1. The summed E-state index contributed by atoms with van der Waals surface area (Å²) in [7, 11) is 3.02. The Hall–Kier alpha value is -3.88. The number of carbonyl (C=O) groups is 2. The smallest absolute Gasteiger partial charge is 0.301 e. The van der Waals surface area contributed by atoms with Crippen LogP contribution in [0, 0.1) is 0 Å². The Balaban J connectivity index is 1.77. The summed E-state index contributed by atoms with van der Waals surface area (Å²) in [6.45, 7) is 2.06. The van der Waals surface area contributed by atoms with E-state index in [1.165, 1.54) is 30.5 Å². The van der Waals surface area contributed by atoms with E-state index < -0.39 is 17.7 Å². The minimum absolute atomic E-state index is 0.0765. The number of aliphatic hydroxyl groups is 1. The number of thiazole rings is 1. The van der Waals surface area contributed by atoms with Crippen molar-refractivity contribution in [2.75, 3.05) is 19.1 Å². The van der Waals surface area contributed by atoms with E-state index >= 15 is 0 Å². The van der Waals surface area contributed by atoms with Gasteiger partial charge in [0.15, 0.2) is 5.13 Å². The maximum atomic E-state index is 13.5. The zero-order valence-electron chi connectivity index (χ0n) is 20.3. The highest BCUT2D eigenvalue weighted by atomic mass is 35.5. The molecule has 1 aliphatic heterocycles. The molecule has 1 aromatic heterocycles. The Labute approximate surface area is 222 Å². The summed E-state index contributed by atoms with van der Waals surface area (Å²) >= 11 is 7.34. The first-order valence-corrected chi connectivity index (χ1v) is 12.7. The van der Waals surface area contributed by atoms with Crippen molar-refractivity contribution >= 4 is 55.7 Å². The van der Waals surface area contributed by atoms with Gasteiger partial charge in [0.25, 0.3) is 5.78 Å². The van der Waals surface area contributed by atoms with E-state index in [0.29, 0.717) is 38.3 Å². The number of ether oxygens (including phenoxy) is 2. The zero-order valence-corrected chi connectivity index (χ0v) is 21.9. The Morgan fingerprint density at radius 2 is 1.81 bits per heavy atom. The predicted octanol–water partition coefficient (Wildman–Crippen LogP) is 6.16. The molecule has 1 atom stereocenters. The van der Waals surface area contributed by atoms with Crippen LogP contribution in [0.25, 0.3) is 16.0 Å². The Kier molecular flexibility index (Phi) is 6.62. The highest BCUT2D eigenvalue weighted by Crippen LogP contribution is 2.47. The number of methoxy groups -OCH3 is 2. The largest absolute Gasteiger partial charge is 0.507 e. The van der Waals surface area contributed by atoms with E-state index in [-0.39, 0.29) is 11.3 Å². The summed E-state index contributed by atoms with van der Waals surface area (Å²) in [4.78, 5) is 33.1. The molecule has 2 heterocycles. The van der Waals surface area contributed by atoms with Gasteiger partial charge in [0, 0.05) is 16.1 Å². The number of aliphatic hydroxyl groups excluding tert-OH is 1. The lowest BCUT2D eigenvalue weighted by atomic mass is 9.94. The zero-order chi connectivity index (χ0) is 26.3. The van der Waals surface area contributed by atoms with Crippen molar-refractivity contribution in [1.29, 1.82) is 0 Å². The van der Waals surface area contributed by atoms with Gasteiger partial charge in [-0.05, 0) is 66.6 Å². The Morgan fingerprint density at radius 1 is 1.05 bits per heavy atom. The van der Waals surface area contributed by atoms with Crippen LogP contribution in [0.1, 0.15) is 29.7 Å². The molecule has 37 heavy (non-hydrogen) atoms. The van der Waals surface area contributed by atoms with Crippen LogP contribution >= 0.6 is 22.9 Å². The summed E-state index contributed by atoms with van der Waals surface area (Å²) in [5, 5.41) is 12.2. The number of nitrogens with zero attached hydrogens (tertiary/aromatic N) is 2. The second-order valence-corrected chi connectivity index (χ2v) is 9.88. The number of hydrogen-bond acceptors (Lipinski definition) is 7. The number of rotatable bonds is 6. The van der Waals surface area contributed by atoms with E-state index in [1.54, 1.807) is 42.5 Å². The van der Waals surface area contributed by atoms with Gasteiger partial charge in [-0.15, -0.1) is 0 Å². The molecule has 0 radical (unpaired) electrons. The van der Waals surface area contributed by atoms with Gasteiger partial charge in [-0.25, -0.2) is 4.98 Å². The van der Waals surface area contributed by atoms with Gasteiger partial charge in [0.05, 0.1) is 30.0 Å². The van der Waals surface area contributed by atoms with Gasteiger partial charge in [0.1, 0.15) is 23.3 Å². The molecule has 9 heteroatoms. The van der Waals surface area contributed by atoms with Crippen molar-refractivity contribution in [3.8, 4) is 11.5 Å². The normalized spacial score (nSPS) is 17.0. The molecule has 188 valence electrons. The average molecular weight is 535 g/mol. The second-order valence-electron chi connectivity index (χ2n) is 8.44. The summed E-state index contributed by atoms with van der Waals surface area (Å²) in [6, 6.07) is 16.4. The van der Waals surface area contributed by atoms with Gasteiger partial charge in [-0.3, -0.25) is 14.5 Å². The average Bonchev–Trinajstić information content (AvgIpc) is 3.45. The molecule has 5 rings (SSSR count). The fourth-order valence-electron chi connectivity index (χ4n) is 4.42. The molecular weight excluding hydrogens is 512 g/mol. The third kappa shape index (κ3) is 4.32. The van der Waals surface area contributed by atoms with Crippen LogP contribution in [-0.2, 0) is 16.0 Å². The summed E-state index contributed by atoms with van der Waals surface area (Å²) in [5.41, 5.74) is 2.61. The number of amides is 1. The van der Waals surface area contributed by atoms with E-state index in [1.807, 2.05) is 18.2 Å². The van der Waals surface area contributed by atoms with Gasteiger partial charge in [0.2, 0.25) is 0 Å². The van der Waals surface area contributed by atoms with E-state index in [9.17, 15) is 14.7 Å². The number of Topliss-reactive ketones (excluding diaryl/α,β-unsaturated/α-hetero) is 1. The summed E-state index contributed by atoms with van der Waals surface area (Å²) in [5.74, 6) is -1.00. The van der Waals surface area contributed by atoms with Gasteiger partial charge < -0.3 is 14.6 Å². The standard InChI is InChI=1S/C28H23ClN2O5S/c1-4-15-5-11-20-22(13-15)37-28(30-20)31-24(19-14-18(35-2)10-12-21(19)36-3)23(26(33)27(31)34)25(32)16-6-8-17(29)9-7-16/h5-14,24,32H,4H2,1-3H3/t24-/m0/s1. The number of fused-ring (bicyclic) bond motifs is 1. The fourth-order valence-corrected chi connectivity index (χ4v) is 5.60. The van der Waals surface area contributed by atoms with Gasteiger partial charge >= 0.3 is 5.91 Å². The number of benzene rings is 3. The molecule has 0 bridgehead atoms. The van der Waals surface area contributed by atoms with Crippen LogP contribution in [-0.4, -0.2) is 36.0 Å². The lowest BCUT2D eigenvalue weighted by molar-refractivity contribution is -0.132. The monoisotopic (exact) mass is 534 g/mol. The fraction of sp³-hybridized carbons (Fsp3) is 0.179. The maximum Gasteiger partial charge on any atom is 0.301 e. The number of hydrogen-bond donors (Lipinski definition) is 1. The molecule has 1 saturated heterocycles. The summed E-state index contributed by atoms with van der Waals surface area (Å²) in [6.07, 6.45) is 0.857. The molecule has 0 aliphatic carbocycles. The van der Waals surface area contributed by atoms with Gasteiger partial charge in [-0.2, -0.15) is 0 Å². The molecule has 4 aromatic rings. The van der Waals surface area contributed by atoms with Crippen molar-refractivity contribution in [2.24, 2.45) is 0 Å². The number of aryl methyl sites for hydroxylation is 1. The minimum Gasteiger partial charge on any atom is -0.507 e. The van der Waals surface area contributed by atoms with Crippen LogP contribution < -0.4 is 14.4 Å². The second kappa shape index (κ2) is 9.88. The lowest BCUT2D eigenvalue weighted by Gasteiger charge is -2.25. The Morgan fingerprint density at radius 3 is 2.49 bits per heavy atom. The highest BCUT2D eigenvalue weighted by molar-refractivity contribution is 7.22. The maximum absolute atomic E-state index is 13.5. The molecule has 0 unspecified atom stereocenters. The van der Waals surface area contributed by atoms with Crippen LogP contribution in [0.2, 0.25) is 5.02 Å². The first-order chi connectivity index (χ1) is 17.9. The van der Waals surface area contributed by atoms with Crippen molar-refractivity contribution in [2.45, 2.75) is 19.4 Å². The van der Waals surface area contributed by atoms with Crippen LogP contribution in [0.3, 0.4) is 0 Å². The van der Waals surface area contributed by atoms with E-state index in [4.69, 9.17) is 21.1 Å². The number of halogens is 1. The molecule has 0 spiro atoms. The molecule has 1 N–H and O–H groups in total. The number of aromatic nitrogens is 1. The van der Waals surface area contributed by atoms with Crippen molar-refractivity contribution in [3.63, 3.8) is 0 Å². The van der Waals surface area contributed by atoms with Crippen LogP contribution in [0.4, 0.5) is 5.13 Å².